The lowest BCUT2D eigenvalue weighted by Gasteiger charge is -2.35. The summed E-state index contributed by atoms with van der Waals surface area (Å²) >= 11 is 0. The van der Waals surface area contributed by atoms with Crippen molar-refractivity contribution in [1.29, 1.82) is 0 Å². The zero-order chi connectivity index (χ0) is 21.1. The molecule has 7 heteroatoms. The quantitative estimate of drug-likeness (QED) is 0.722. The Hall–Kier alpha value is -2.41. The van der Waals surface area contributed by atoms with Gasteiger partial charge in [0.15, 0.2) is 0 Å². The van der Waals surface area contributed by atoms with Crippen LogP contribution in [-0.2, 0) is 14.4 Å². The van der Waals surface area contributed by atoms with Crippen molar-refractivity contribution >= 4 is 17.8 Å². The van der Waals surface area contributed by atoms with Gasteiger partial charge in [-0.3, -0.25) is 4.79 Å². The van der Waals surface area contributed by atoms with Gasteiger partial charge in [0.25, 0.3) is 0 Å². The van der Waals surface area contributed by atoms with Gasteiger partial charge in [0.1, 0.15) is 0 Å². The molecule has 1 aliphatic heterocycles. The minimum absolute atomic E-state index is 0.239. The van der Waals surface area contributed by atoms with Crippen LogP contribution in [0, 0.1) is 5.92 Å². The van der Waals surface area contributed by atoms with Crippen molar-refractivity contribution in [3.63, 3.8) is 0 Å². The fraction of sp³-hybridized carbons (Fsp3) is 0.571. The molecular formula is C21H32N2O5. The largest absolute Gasteiger partial charge is 0.473 e. The summed E-state index contributed by atoms with van der Waals surface area (Å²) in [6.45, 7) is 11.3. The molecule has 28 heavy (non-hydrogen) atoms. The third-order valence-corrected chi connectivity index (χ3v) is 5.10. The van der Waals surface area contributed by atoms with Gasteiger partial charge in [0.2, 0.25) is 5.91 Å². The van der Waals surface area contributed by atoms with Gasteiger partial charge in [0, 0.05) is 25.6 Å². The Balaban J connectivity index is 0.000000568. The number of nitrogens with zero attached hydrogens (tertiary/aromatic N) is 2. The summed E-state index contributed by atoms with van der Waals surface area (Å²) in [5.41, 5.74) is 1.41. The van der Waals surface area contributed by atoms with E-state index >= 15 is 0 Å². The fourth-order valence-corrected chi connectivity index (χ4v) is 3.43. The standard InChI is InChI=1S/C19H30N2O.C2H2O4/c1-4-21(5-2)19(22)18-11-13-20(14-12-18)15-16(3)17-9-7-6-8-10-17;3-1(4)2(5)6/h6-10,16,18H,4-5,11-15H2,1-3H3;(H,3,4)(H,5,6). The normalized spacial score (nSPS) is 15.8. The van der Waals surface area contributed by atoms with Crippen LogP contribution in [0.2, 0.25) is 0 Å². The van der Waals surface area contributed by atoms with Crippen LogP contribution in [0.1, 0.15) is 45.1 Å². The molecule has 2 rings (SSSR count). The first-order valence-electron chi connectivity index (χ1n) is 9.82. The number of carbonyl (C=O) groups excluding carboxylic acids is 1. The zero-order valence-electron chi connectivity index (χ0n) is 17.0. The molecule has 1 aliphatic rings. The average Bonchev–Trinajstić information content (AvgIpc) is 2.70. The number of carbonyl (C=O) groups is 3. The number of benzene rings is 1. The van der Waals surface area contributed by atoms with Crippen molar-refractivity contribution in [1.82, 2.24) is 9.80 Å². The molecule has 1 amide bonds. The molecule has 0 bridgehead atoms. The maximum Gasteiger partial charge on any atom is 0.414 e. The van der Waals surface area contributed by atoms with Crippen LogP contribution >= 0.6 is 0 Å². The van der Waals surface area contributed by atoms with Crippen molar-refractivity contribution in [3.8, 4) is 0 Å². The average molecular weight is 392 g/mol. The monoisotopic (exact) mass is 392 g/mol. The summed E-state index contributed by atoms with van der Waals surface area (Å²) in [5, 5.41) is 14.8. The number of amides is 1. The van der Waals surface area contributed by atoms with Crippen molar-refractivity contribution < 1.29 is 24.6 Å². The summed E-state index contributed by atoms with van der Waals surface area (Å²) in [6, 6.07) is 10.7. The molecule has 1 aromatic carbocycles. The minimum Gasteiger partial charge on any atom is -0.473 e. The molecule has 0 saturated carbocycles. The predicted octanol–water partition coefficient (Wildman–Crippen LogP) is 2.53. The lowest BCUT2D eigenvalue weighted by Crippen LogP contribution is -2.43. The summed E-state index contributed by atoms with van der Waals surface area (Å²) in [7, 11) is 0. The number of rotatable bonds is 6. The molecule has 7 nitrogen and oxygen atoms in total. The van der Waals surface area contributed by atoms with Crippen LogP contribution in [0.15, 0.2) is 30.3 Å². The van der Waals surface area contributed by atoms with Gasteiger partial charge >= 0.3 is 11.9 Å². The van der Waals surface area contributed by atoms with Gasteiger partial charge in [-0.1, -0.05) is 37.3 Å². The van der Waals surface area contributed by atoms with Crippen LogP contribution in [-0.4, -0.2) is 70.6 Å². The molecule has 0 spiro atoms. The second kappa shape index (κ2) is 12.1. The first-order chi connectivity index (χ1) is 13.3. The Morgan fingerprint density at radius 3 is 1.96 bits per heavy atom. The van der Waals surface area contributed by atoms with Crippen LogP contribution in [0.25, 0.3) is 0 Å². The van der Waals surface area contributed by atoms with E-state index in [0.717, 1.165) is 45.6 Å². The summed E-state index contributed by atoms with van der Waals surface area (Å²) < 4.78 is 0. The molecule has 1 aromatic rings. The van der Waals surface area contributed by atoms with Gasteiger partial charge in [-0.25, -0.2) is 9.59 Å². The van der Waals surface area contributed by atoms with E-state index in [9.17, 15) is 4.79 Å². The summed E-state index contributed by atoms with van der Waals surface area (Å²) in [6.07, 6.45) is 2.02. The number of hydrogen-bond donors (Lipinski definition) is 2. The molecule has 0 radical (unpaired) electrons. The first kappa shape index (κ1) is 23.6. The maximum absolute atomic E-state index is 12.4. The Morgan fingerprint density at radius 2 is 1.54 bits per heavy atom. The molecule has 0 aromatic heterocycles. The molecule has 1 unspecified atom stereocenters. The van der Waals surface area contributed by atoms with E-state index in [2.05, 4.69) is 56.0 Å². The van der Waals surface area contributed by atoms with Gasteiger partial charge in [-0.15, -0.1) is 0 Å². The second-order valence-electron chi connectivity index (χ2n) is 7.01. The van der Waals surface area contributed by atoms with E-state index in [4.69, 9.17) is 19.8 Å². The molecular weight excluding hydrogens is 360 g/mol. The van der Waals surface area contributed by atoms with E-state index in [1.807, 2.05) is 4.90 Å². The van der Waals surface area contributed by atoms with Crippen molar-refractivity contribution in [2.75, 3.05) is 32.7 Å². The fourth-order valence-electron chi connectivity index (χ4n) is 3.43. The van der Waals surface area contributed by atoms with E-state index in [1.54, 1.807) is 0 Å². The van der Waals surface area contributed by atoms with Crippen molar-refractivity contribution in [2.24, 2.45) is 5.92 Å². The third-order valence-electron chi connectivity index (χ3n) is 5.10. The third kappa shape index (κ3) is 7.68. The highest BCUT2D eigenvalue weighted by Gasteiger charge is 2.27. The zero-order valence-corrected chi connectivity index (χ0v) is 17.0. The van der Waals surface area contributed by atoms with Gasteiger partial charge < -0.3 is 20.0 Å². The highest BCUT2D eigenvalue weighted by molar-refractivity contribution is 6.27. The van der Waals surface area contributed by atoms with Crippen molar-refractivity contribution in [3.05, 3.63) is 35.9 Å². The Morgan fingerprint density at radius 1 is 1.04 bits per heavy atom. The van der Waals surface area contributed by atoms with Crippen LogP contribution in [0.3, 0.4) is 0 Å². The lowest BCUT2D eigenvalue weighted by atomic mass is 9.93. The molecule has 1 saturated heterocycles. The first-order valence-corrected chi connectivity index (χ1v) is 9.82. The number of piperidine rings is 1. The number of carboxylic acid groups (broad SMARTS) is 2. The number of carboxylic acids is 2. The Kier molecular flexibility index (Phi) is 10.2. The Bertz CT molecular complexity index is 611. The van der Waals surface area contributed by atoms with Crippen LogP contribution in [0.4, 0.5) is 0 Å². The van der Waals surface area contributed by atoms with Crippen molar-refractivity contribution in [2.45, 2.75) is 39.5 Å². The van der Waals surface area contributed by atoms with E-state index in [-0.39, 0.29) is 5.92 Å². The molecule has 0 aliphatic carbocycles. The van der Waals surface area contributed by atoms with Gasteiger partial charge in [-0.2, -0.15) is 0 Å². The molecule has 1 heterocycles. The van der Waals surface area contributed by atoms with E-state index in [1.165, 1.54) is 5.56 Å². The molecule has 2 N–H and O–H groups in total. The van der Waals surface area contributed by atoms with Gasteiger partial charge in [-0.05, 0) is 51.3 Å². The van der Waals surface area contributed by atoms with E-state index < -0.39 is 11.9 Å². The second-order valence-corrected chi connectivity index (χ2v) is 7.01. The predicted molar refractivity (Wildman–Crippen MR) is 107 cm³/mol. The SMILES string of the molecule is CCN(CC)C(=O)C1CCN(CC(C)c2ccccc2)CC1.O=C(O)C(=O)O. The van der Waals surface area contributed by atoms with Gasteiger partial charge in [0.05, 0.1) is 0 Å². The number of aliphatic carboxylic acids is 2. The van der Waals surface area contributed by atoms with Crippen LogP contribution < -0.4 is 0 Å². The number of likely N-dealkylation sites (tertiary alicyclic amines) is 1. The minimum atomic E-state index is -1.82. The van der Waals surface area contributed by atoms with Crippen LogP contribution in [0.5, 0.6) is 0 Å². The van der Waals surface area contributed by atoms with E-state index in [0.29, 0.717) is 11.8 Å². The smallest absolute Gasteiger partial charge is 0.414 e. The Labute approximate surface area is 166 Å². The molecule has 1 atom stereocenters. The summed E-state index contributed by atoms with van der Waals surface area (Å²) in [5.74, 6) is -2.50. The number of hydrogen-bond acceptors (Lipinski definition) is 4. The maximum atomic E-state index is 12.4. The summed E-state index contributed by atoms with van der Waals surface area (Å²) in [4.78, 5) is 35.1. The topological polar surface area (TPSA) is 98.2 Å². The highest BCUT2D eigenvalue weighted by Crippen LogP contribution is 2.23. The molecule has 1 fully saturated rings. The highest BCUT2D eigenvalue weighted by atomic mass is 16.4. The molecule has 156 valence electrons. The lowest BCUT2D eigenvalue weighted by molar-refractivity contribution is -0.159.